The summed E-state index contributed by atoms with van der Waals surface area (Å²) in [6.07, 6.45) is -4.33. The van der Waals surface area contributed by atoms with Gasteiger partial charge in [0.15, 0.2) is 5.96 Å². The van der Waals surface area contributed by atoms with Crippen LogP contribution < -0.4 is 10.6 Å². The molecule has 7 heteroatoms. The van der Waals surface area contributed by atoms with Crippen LogP contribution in [0.15, 0.2) is 29.3 Å². The number of alkyl halides is 3. The molecule has 1 aromatic rings. The van der Waals surface area contributed by atoms with Gasteiger partial charge in [0.05, 0.1) is 24.3 Å². The van der Waals surface area contributed by atoms with Gasteiger partial charge in [-0.1, -0.05) is 11.8 Å². The Labute approximate surface area is 146 Å². The van der Waals surface area contributed by atoms with Crippen molar-refractivity contribution in [3.05, 3.63) is 35.4 Å². The van der Waals surface area contributed by atoms with Gasteiger partial charge in [0.2, 0.25) is 0 Å². The zero-order valence-corrected chi connectivity index (χ0v) is 14.9. The van der Waals surface area contributed by atoms with Crippen molar-refractivity contribution in [1.29, 1.82) is 0 Å². The molecule has 138 valence electrons. The minimum atomic E-state index is -4.33. The molecule has 0 aliphatic heterocycles. The first-order chi connectivity index (χ1) is 11.7. The third-order valence-corrected chi connectivity index (χ3v) is 3.30. The molecule has 0 atom stereocenters. The highest BCUT2D eigenvalue weighted by atomic mass is 19.4. The molecule has 1 aromatic carbocycles. The average molecular weight is 355 g/mol. The van der Waals surface area contributed by atoms with Gasteiger partial charge in [-0.3, -0.25) is 4.99 Å². The maximum atomic E-state index is 12.5. The van der Waals surface area contributed by atoms with Gasteiger partial charge in [0.25, 0.3) is 0 Å². The van der Waals surface area contributed by atoms with E-state index >= 15 is 0 Å². The highest BCUT2D eigenvalue weighted by Crippen LogP contribution is 2.28. The second-order valence-corrected chi connectivity index (χ2v) is 5.89. The third kappa shape index (κ3) is 7.94. The summed E-state index contributed by atoms with van der Waals surface area (Å²) in [4.78, 5) is 4.42. The Bertz CT molecular complexity index is 626. The minimum Gasteiger partial charge on any atom is -0.377 e. The molecule has 0 amide bonds. The normalized spacial score (nSPS) is 12.4. The highest BCUT2D eigenvalue weighted by molar-refractivity contribution is 5.80. The van der Waals surface area contributed by atoms with Crippen LogP contribution in [0.2, 0.25) is 0 Å². The molecule has 0 bridgehead atoms. The maximum absolute atomic E-state index is 12.5. The van der Waals surface area contributed by atoms with E-state index < -0.39 is 11.7 Å². The van der Waals surface area contributed by atoms with E-state index in [0.717, 1.165) is 12.1 Å². The molecule has 2 N–H and O–H groups in total. The summed E-state index contributed by atoms with van der Waals surface area (Å²) in [6, 6.07) is 4.76. The number of benzene rings is 1. The molecule has 0 radical (unpaired) electrons. The molecule has 1 rings (SSSR count). The SMILES string of the molecule is CCNC(=NCC(C)(C)OC)NCC#Cc1ccc(C(F)(F)F)cc1. The number of rotatable bonds is 5. The Kier molecular flexibility index (Phi) is 7.78. The van der Waals surface area contributed by atoms with Gasteiger partial charge in [-0.2, -0.15) is 13.2 Å². The first kappa shape index (κ1) is 20.8. The van der Waals surface area contributed by atoms with Crippen LogP contribution in [0.1, 0.15) is 31.9 Å². The van der Waals surface area contributed by atoms with Gasteiger partial charge in [-0.25, -0.2) is 0 Å². The topological polar surface area (TPSA) is 45.7 Å². The monoisotopic (exact) mass is 355 g/mol. The molecular weight excluding hydrogens is 331 g/mol. The molecule has 0 aliphatic rings. The summed E-state index contributed by atoms with van der Waals surface area (Å²) in [6.45, 7) is 7.32. The molecular formula is C18H24F3N3O. The molecule has 0 unspecified atom stereocenters. The van der Waals surface area contributed by atoms with Crippen LogP contribution >= 0.6 is 0 Å². The molecule has 25 heavy (non-hydrogen) atoms. The van der Waals surface area contributed by atoms with Gasteiger partial charge in [0.1, 0.15) is 0 Å². The lowest BCUT2D eigenvalue weighted by molar-refractivity contribution is -0.137. The van der Waals surface area contributed by atoms with Crippen molar-refractivity contribution >= 4 is 5.96 Å². The van der Waals surface area contributed by atoms with Crippen LogP contribution in [0, 0.1) is 11.8 Å². The van der Waals surface area contributed by atoms with Crippen LogP contribution in [-0.4, -0.2) is 38.3 Å². The van der Waals surface area contributed by atoms with E-state index in [2.05, 4.69) is 27.5 Å². The first-order valence-corrected chi connectivity index (χ1v) is 7.91. The first-order valence-electron chi connectivity index (χ1n) is 7.91. The molecule has 0 saturated heterocycles. The van der Waals surface area contributed by atoms with E-state index in [1.807, 2.05) is 20.8 Å². The smallest absolute Gasteiger partial charge is 0.377 e. The van der Waals surface area contributed by atoms with Crippen molar-refractivity contribution in [2.75, 3.05) is 26.7 Å². The number of halogens is 3. The third-order valence-electron chi connectivity index (χ3n) is 3.30. The molecule has 0 spiro atoms. The lowest BCUT2D eigenvalue weighted by Gasteiger charge is -2.21. The summed E-state index contributed by atoms with van der Waals surface area (Å²) in [5.41, 5.74) is -0.524. The standard InChI is InChI=1S/C18H24F3N3O/c1-5-22-16(24-13-17(2,3)25-4)23-12-6-7-14-8-10-15(11-9-14)18(19,20)21/h8-11H,5,12-13H2,1-4H3,(H2,22,23,24). The largest absolute Gasteiger partial charge is 0.416 e. The summed E-state index contributed by atoms with van der Waals surface area (Å²) < 4.78 is 42.8. The van der Waals surface area contributed by atoms with Crippen LogP contribution in [-0.2, 0) is 10.9 Å². The van der Waals surface area contributed by atoms with Crippen molar-refractivity contribution in [1.82, 2.24) is 10.6 Å². The number of guanidine groups is 1. The molecule has 4 nitrogen and oxygen atoms in total. The zero-order chi connectivity index (χ0) is 18.9. The fraction of sp³-hybridized carbons (Fsp3) is 0.500. The Morgan fingerprint density at radius 3 is 2.32 bits per heavy atom. The lowest BCUT2D eigenvalue weighted by Crippen LogP contribution is -2.39. The van der Waals surface area contributed by atoms with Crippen LogP contribution in [0.4, 0.5) is 13.2 Å². The predicted molar refractivity (Wildman–Crippen MR) is 93.4 cm³/mol. The minimum absolute atomic E-state index is 0.320. The van der Waals surface area contributed by atoms with Crippen LogP contribution in [0.25, 0.3) is 0 Å². The van der Waals surface area contributed by atoms with Gasteiger partial charge in [0, 0.05) is 19.2 Å². The average Bonchev–Trinajstić information content (AvgIpc) is 2.56. The maximum Gasteiger partial charge on any atom is 0.416 e. The van der Waals surface area contributed by atoms with Gasteiger partial charge in [-0.15, -0.1) is 0 Å². The fourth-order valence-electron chi connectivity index (χ4n) is 1.69. The van der Waals surface area contributed by atoms with Gasteiger partial charge >= 0.3 is 6.18 Å². The number of nitrogens with zero attached hydrogens (tertiary/aromatic N) is 1. The van der Waals surface area contributed by atoms with Gasteiger partial charge in [-0.05, 0) is 45.0 Å². The summed E-state index contributed by atoms with van der Waals surface area (Å²) in [7, 11) is 1.63. The number of hydrogen-bond donors (Lipinski definition) is 2. The van der Waals surface area contributed by atoms with E-state index in [1.165, 1.54) is 12.1 Å². The summed E-state index contributed by atoms with van der Waals surface area (Å²) in [5.74, 6) is 6.29. The van der Waals surface area contributed by atoms with Crippen molar-refractivity contribution in [3.63, 3.8) is 0 Å². The molecule has 0 aromatic heterocycles. The number of aliphatic imine (C=N–C) groups is 1. The van der Waals surface area contributed by atoms with E-state index in [9.17, 15) is 13.2 Å². The van der Waals surface area contributed by atoms with E-state index in [4.69, 9.17) is 4.74 Å². The number of ether oxygens (including phenoxy) is 1. The van der Waals surface area contributed by atoms with Crippen LogP contribution in [0.3, 0.4) is 0 Å². The van der Waals surface area contributed by atoms with Gasteiger partial charge < -0.3 is 15.4 Å². The quantitative estimate of drug-likeness (QED) is 0.485. The Balaban J connectivity index is 2.62. The zero-order valence-electron chi connectivity index (χ0n) is 14.9. The molecule has 0 fully saturated rings. The van der Waals surface area contributed by atoms with E-state index in [0.29, 0.717) is 31.2 Å². The predicted octanol–water partition coefficient (Wildman–Crippen LogP) is 3.04. The molecule has 0 heterocycles. The highest BCUT2D eigenvalue weighted by Gasteiger charge is 2.29. The summed E-state index contributed by atoms with van der Waals surface area (Å²) in [5, 5.41) is 6.15. The lowest BCUT2D eigenvalue weighted by atomic mass is 10.1. The summed E-state index contributed by atoms with van der Waals surface area (Å²) >= 11 is 0. The number of nitrogens with one attached hydrogen (secondary N) is 2. The fourth-order valence-corrected chi connectivity index (χ4v) is 1.69. The van der Waals surface area contributed by atoms with Crippen molar-refractivity contribution in [3.8, 4) is 11.8 Å². The number of methoxy groups -OCH3 is 1. The van der Waals surface area contributed by atoms with Crippen molar-refractivity contribution < 1.29 is 17.9 Å². The second-order valence-electron chi connectivity index (χ2n) is 5.89. The Hall–Kier alpha value is -2.20. The van der Waals surface area contributed by atoms with Crippen molar-refractivity contribution in [2.45, 2.75) is 32.5 Å². The van der Waals surface area contributed by atoms with E-state index in [1.54, 1.807) is 7.11 Å². The second kappa shape index (κ2) is 9.33. The molecule has 0 saturated carbocycles. The van der Waals surface area contributed by atoms with E-state index in [-0.39, 0.29) is 5.60 Å². The Morgan fingerprint density at radius 2 is 1.80 bits per heavy atom. The number of hydrogen-bond acceptors (Lipinski definition) is 2. The van der Waals surface area contributed by atoms with Crippen molar-refractivity contribution in [2.24, 2.45) is 4.99 Å². The molecule has 0 aliphatic carbocycles. The Morgan fingerprint density at radius 1 is 1.16 bits per heavy atom. The van der Waals surface area contributed by atoms with Crippen LogP contribution in [0.5, 0.6) is 0 Å².